The minimum atomic E-state index is -0.246. The van der Waals surface area contributed by atoms with Crippen LogP contribution in [0.3, 0.4) is 0 Å². The van der Waals surface area contributed by atoms with Gasteiger partial charge in [-0.15, -0.1) is 0 Å². The first-order valence-electron chi connectivity index (χ1n) is 6.31. The van der Waals surface area contributed by atoms with Gasteiger partial charge in [0.1, 0.15) is 5.82 Å². The van der Waals surface area contributed by atoms with E-state index in [0.717, 1.165) is 31.1 Å². The number of hydrogen-bond acceptors (Lipinski definition) is 1. The zero-order valence-corrected chi connectivity index (χ0v) is 11.6. The SMILES string of the molecule is CC.CC1CCN(Cc2cc(F)cc(Cl)c2)C1. The van der Waals surface area contributed by atoms with Crippen LogP contribution in [0.15, 0.2) is 18.2 Å². The van der Waals surface area contributed by atoms with E-state index in [1.54, 1.807) is 6.07 Å². The molecular formula is C14H21ClFN. The molecule has 2 rings (SSSR count). The fourth-order valence-corrected chi connectivity index (χ4v) is 2.37. The Bertz CT molecular complexity index is 334. The van der Waals surface area contributed by atoms with Gasteiger partial charge in [0.2, 0.25) is 0 Å². The average molecular weight is 258 g/mol. The van der Waals surface area contributed by atoms with E-state index in [-0.39, 0.29) is 5.82 Å². The molecule has 1 atom stereocenters. The minimum Gasteiger partial charge on any atom is -0.299 e. The number of likely N-dealkylation sites (tertiary alicyclic amines) is 1. The first-order chi connectivity index (χ1) is 8.13. The summed E-state index contributed by atoms with van der Waals surface area (Å²) in [6.45, 7) is 9.27. The molecule has 0 bridgehead atoms. The second-order valence-corrected chi connectivity index (χ2v) is 4.84. The van der Waals surface area contributed by atoms with Gasteiger partial charge in [-0.1, -0.05) is 32.4 Å². The summed E-state index contributed by atoms with van der Waals surface area (Å²) in [5.41, 5.74) is 0.967. The molecule has 0 amide bonds. The summed E-state index contributed by atoms with van der Waals surface area (Å²) in [7, 11) is 0. The second kappa shape index (κ2) is 6.97. The highest BCUT2D eigenvalue weighted by molar-refractivity contribution is 6.30. The molecule has 96 valence electrons. The maximum Gasteiger partial charge on any atom is 0.125 e. The number of benzene rings is 1. The van der Waals surface area contributed by atoms with Gasteiger partial charge in [-0.2, -0.15) is 0 Å². The van der Waals surface area contributed by atoms with E-state index in [1.807, 2.05) is 19.9 Å². The predicted molar refractivity (Wildman–Crippen MR) is 71.8 cm³/mol. The molecule has 1 aromatic rings. The monoisotopic (exact) mass is 257 g/mol. The van der Waals surface area contributed by atoms with Gasteiger partial charge in [-0.05, 0) is 42.6 Å². The van der Waals surface area contributed by atoms with E-state index in [2.05, 4.69) is 11.8 Å². The Labute approximate surface area is 109 Å². The topological polar surface area (TPSA) is 3.24 Å². The first kappa shape index (κ1) is 14.5. The molecule has 1 aliphatic rings. The fraction of sp³-hybridized carbons (Fsp3) is 0.571. The van der Waals surface area contributed by atoms with Crippen LogP contribution in [0.5, 0.6) is 0 Å². The lowest BCUT2D eigenvalue weighted by atomic mass is 10.2. The van der Waals surface area contributed by atoms with Gasteiger partial charge in [-0.3, -0.25) is 4.90 Å². The molecular weight excluding hydrogens is 237 g/mol. The van der Waals surface area contributed by atoms with Crippen LogP contribution in [-0.4, -0.2) is 18.0 Å². The summed E-state index contributed by atoms with van der Waals surface area (Å²) in [6.07, 6.45) is 1.24. The normalized spacial score (nSPS) is 19.9. The Morgan fingerprint density at radius 2 is 2.06 bits per heavy atom. The fourth-order valence-electron chi connectivity index (χ4n) is 2.13. The van der Waals surface area contributed by atoms with Crippen molar-refractivity contribution in [2.45, 2.75) is 33.7 Å². The molecule has 0 N–H and O–H groups in total. The Hall–Kier alpha value is -0.600. The van der Waals surface area contributed by atoms with Gasteiger partial charge in [0, 0.05) is 18.1 Å². The van der Waals surface area contributed by atoms with Crippen LogP contribution in [0.25, 0.3) is 0 Å². The lowest BCUT2D eigenvalue weighted by Crippen LogP contribution is -2.19. The molecule has 0 aromatic heterocycles. The molecule has 1 fully saturated rings. The maximum absolute atomic E-state index is 13.1. The van der Waals surface area contributed by atoms with Crippen molar-refractivity contribution >= 4 is 11.6 Å². The Kier molecular flexibility index (Phi) is 5.93. The van der Waals surface area contributed by atoms with Crippen LogP contribution in [-0.2, 0) is 6.54 Å². The highest BCUT2D eigenvalue weighted by atomic mass is 35.5. The van der Waals surface area contributed by atoms with E-state index in [9.17, 15) is 4.39 Å². The van der Waals surface area contributed by atoms with E-state index in [1.165, 1.54) is 12.5 Å². The zero-order valence-electron chi connectivity index (χ0n) is 10.8. The summed E-state index contributed by atoms with van der Waals surface area (Å²) >= 11 is 5.81. The minimum absolute atomic E-state index is 0.246. The van der Waals surface area contributed by atoms with Crippen molar-refractivity contribution in [3.05, 3.63) is 34.6 Å². The highest BCUT2D eigenvalue weighted by Crippen LogP contribution is 2.20. The summed E-state index contributed by atoms with van der Waals surface area (Å²) in [6, 6.07) is 4.75. The van der Waals surface area contributed by atoms with Crippen LogP contribution in [0.2, 0.25) is 5.02 Å². The number of halogens is 2. The summed E-state index contributed by atoms with van der Waals surface area (Å²) < 4.78 is 13.1. The maximum atomic E-state index is 13.1. The van der Waals surface area contributed by atoms with E-state index in [4.69, 9.17) is 11.6 Å². The van der Waals surface area contributed by atoms with Crippen molar-refractivity contribution in [2.75, 3.05) is 13.1 Å². The number of hydrogen-bond donors (Lipinski definition) is 0. The molecule has 1 aromatic carbocycles. The lowest BCUT2D eigenvalue weighted by molar-refractivity contribution is 0.320. The van der Waals surface area contributed by atoms with E-state index >= 15 is 0 Å². The highest BCUT2D eigenvalue weighted by Gasteiger charge is 2.18. The number of nitrogens with zero attached hydrogens (tertiary/aromatic N) is 1. The zero-order chi connectivity index (χ0) is 12.8. The smallest absolute Gasteiger partial charge is 0.125 e. The van der Waals surface area contributed by atoms with Crippen LogP contribution in [0.1, 0.15) is 32.8 Å². The third kappa shape index (κ3) is 4.64. The van der Waals surface area contributed by atoms with Crippen molar-refractivity contribution in [3.63, 3.8) is 0 Å². The predicted octanol–water partition coefficient (Wildman–Crippen LogP) is 4.35. The number of rotatable bonds is 2. The standard InChI is InChI=1S/C12H15ClFN.C2H6/c1-9-2-3-15(7-9)8-10-4-11(13)6-12(14)5-10;1-2/h4-6,9H,2-3,7-8H2,1H3;1-2H3. The van der Waals surface area contributed by atoms with Gasteiger partial charge in [0.25, 0.3) is 0 Å². The molecule has 0 aliphatic carbocycles. The average Bonchev–Trinajstić information content (AvgIpc) is 2.65. The second-order valence-electron chi connectivity index (χ2n) is 4.41. The molecule has 1 saturated heterocycles. The quantitative estimate of drug-likeness (QED) is 0.762. The Morgan fingerprint density at radius 3 is 2.59 bits per heavy atom. The first-order valence-corrected chi connectivity index (χ1v) is 6.68. The van der Waals surface area contributed by atoms with Crippen LogP contribution >= 0.6 is 11.6 Å². The third-order valence-corrected chi connectivity index (χ3v) is 3.05. The summed E-state index contributed by atoms with van der Waals surface area (Å²) in [5.74, 6) is 0.513. The van der Waals surface area contributed by atoms with Crippen molar-refractivity contribution in [2.24, 2.45) is 5.92 Å². The molecule has 0 saturated carbocycles. The largest absolute Gasteiger partial charge is 0.299 e. The molecule has 3 heteroatoms. The van der Waals surface area contributed by atoms with E-state index < -0.39 is 0 Å². The third-order valence-electron chi connectivity index (χ3n) is 2.84. The van der Waals surface area contributed by atoms with Crippen molar-refractivity contribution in [1.82, 2.24) is 4.90 Å². The van der Waals surface area contributed by atoms with Crippen molar-refractivity contribution < 1.29 is 4.39 Å². The van der Waals surface area contributed by atoms with Crippen LogP contribution < -0.4 is 0 Å². The van der Waals surface area contributed by atoms with Crippen LogP contribution in [0.4, 0.5) is 4.39 Å². The van der Waals surface area contributed by atoms with Gasteiger partial charge < -0.3 is 0 Å². The molecule has 1 unspecified atom stereocenters. The van der Waals surface area contributed by atoms with Gasteiger partial charge >= 0.3 is 0 Å². The molecule has 0 radical (unpaired) electrons. The van der Waals surface area contributed by atoms with Crippen molar-refractivity contribution in [1.29, 1.82) is 0 Å². The lowest BCUT2D eigenvalue weighted by Gasteiger charge is -2.15. The summed E-state index contributed by atoms with van der Waals surface area (Å²) in [4.78, 5) is 2.34. The summed E-state index contributed by atoms with van der Waals surface area (Å²) in [5, 5.41) is 0.484. The molecule has 1 heterocycles. The van der Waals surface area contributed by atoms with Gasteiger partial charge in [0.15, 0.2) is 0 Å². The van der Waals surface area contributed by atoms with E-state index in [0.29, 0.717) is 5.02 Å². The Morgan fingerprint density at radius 1 is 1.35 bits per heavy atom. The molecule has 1 aliphatic heterocycles. The molecule has 1 nitrogen and oxygen atoms in total. The van der Waals surface area contributed by atoms with Crippen molar-refractivity contribution in [3.8, 4) is 0 Å². The molecule has 17 heavy (non-hydrogen) atoms. The molecule has 0 spiro atoms. The Balaban J connectivity index is 0.000000686. The van der Waals surface area contributed by atoms with Gasteiger partial charge in [-0.25, -0.2) is 4.39 Å². The van der Waals surface area contributed by atoms with Crippen LogP contribution in [0, 0.1) is 11.7 Å². The van der Waals surface area contributed by atoms with Gasteiger partial charge in [0.05, 0.1) is 0 Å².